The summed E-state index contributed by atoms with van der Waals surface area (Å²) in [7, 11) is 0. The van der Waals surface area contributed by atoms with Crippen molar-refractivity contribution in [1.82, 2.24) is 15.0 Å². The second-order valence-corrected chi connectivity index (χ2v) is 5.31. The molecule has 0 saturated carbocycles. The monoisotopic (exact) mass is 283 g/mol. The van der Waals surface area contributed by atoms with Crippen molar-refractivity contribution in [2.45, 2.75) is 10.6 Å². The molecule has 5 nitrogen and oxygen atoms in total. The lowest BCUT2D eigenvalue weighted by Gasteiger charge is -2.04. The third kappa shape index (κ3) is 2.80. The van der Waals surface area contributed by atoms with E-state index in [9.17, 15) is 0 Å². The topological polar surface area (TPSA) is 90.7 Å². The molecule has 1 aromatic heterocycles. The molecule has 0 unspecified atom stereocenters. The molecule has 0 aliphatic rings. The molecule has 0 fully saturated rings. The Labute approximate surface area is 120 Å². The van der Waals surface area contributed by atoms with Crippen LogP contribution in [0.4, 0.5) is 11.9 Å². The minimum Gasteiger partial charge on any atom is -0.368 e. The van der Waals surface area contributed by atoms with Crippen LogP contribution in [0.2, 0.25) is 0 Å². The van der Waals surface area contributed by atoms with E-state index < -0.39 is 0 Å². The highest BCUT2D eigenvalue weighted by Gasteiger charge is 2.03. The zero-order chi connectivity index (χ0) is 13.9. The maximum Gasteiger partial charge on any atom is 0.225 e. The first-order valence-corrected chi connectivity index (χ1v) is 7.07. The number of rotatable bonds is 3. The number of hydrogen-bond donors (Lipinski definition) is 2. The molecule has 0 aliphatic heterocycles. The number of anilines is 2. The van der Waals surface area contributed by atoms with E-state index in [0.717, 1.165) is 4.90 Å². The van der Waals surface area contributed by atoms with Crippen LogP contribution in [-0.4, -0.2) is 15.0 Å². The van der Waals surface area contributed by atoms with Crippen LogP contribution in [0.3, 0.4) is 0 Å². The highest BCUT2D eigenvalue weighted by molar-refractivity contribution is 7.98. The van der Waals surface area contributed by atoms with Gasteiger partial charge in [-0.3, -0.25) is 0 Å². The van der Waals surface area contributed by atoms with E-state index in [1.165, 1.54) is 10.8 Å². The summed E-state index contributed by atoms with van der Waals surface area (Å²) in [6, 6.07) is 14.6. The number of thioether (sulfide) groups is 1. The minimum atomic E-state index is 0.159. The van der Waals surface area contributed by atoms with Gasteiger partial charge in [-0.25, -0.2) is 0 Å². The molecular formula is C14H13N5S. The van der Waals surface area contributed by atoms with E-state index in [1.54, 1.807) is 11.8 Å². The normalized spacial score (nSPS) is 10.8. The fraction of sp³-hybridized carbons (Fsp3) is 0.0714. The average molecular weight is 283 g/mol. The third-order valence-corrected chi connectivity index (χ3v) is 3.79. The fourth-order valence-electron chi connectivity index (χ4n) is 1.93. The van der Waals surface area contributed by atoms with Crippen molar-refractivity contribution < 1.29 is 0 Å². The number of fused-ring (bicyclic) bond motifs is 1. The predicted octanol–water partition coefficient (Wildman–Crippen LogP) is 2.48. The van der Waals surface area contributed by atoms with Gasteiger partial charge >= 0.3 is 0 Å². The second kappa shape index (κ2) is 5.34. The first-order valence-electron chi connectivity index (χ1n) is 6.08. The Morgan fingerprint density at radius 3 is 2.30 bits per heavy atom. The van der Waals surface area contributed by atoms with Crippen LogP contribution in [0.5, 0.6) is 0 Å². The molecule has 3 rings (SSSR count). The zero-order valence-electron chi connectivity index (χ0n) is 10.7. The summed E-state index contributed by atoms with van der Waals surface area (Å²) in [5, 5.41) is 2.44. The van der Waals surface area contributed by atoms with Gasteiger partial charge in [-0.05, 0) is 22.9 Å². The van der Waals surface area contributed by atoms with Gasteiger partial charge in [-0.1, -0.05) is 30.3 Å². The largest absolute Gasteiger partial charge is 0.368 e. The van der Waals surface area contributed by atoms with Gasteiger partial charge in [0.05, 0.1) is 5.75 Å². The smallest absolute Gasteiger partial charge is 0.225 e. The SMILES string of the molecule is Nc1nc(N)nc(CSc2ccc3ccccc3c2)n1. The maximum atomic E-state index is 5.55. The van der Waals surface area contributed by atoms with Crippen molar-refractivity contribution in [3.8, 4) is 0 Å². The molecule has 0 bridgehead atoms. The number of aromatic nitrogens is 3. The van der Waals surface area contributed by atoms with Gasteiger partial charge in [0.15, 0.2) is 0 Å². The number of hydrogen-bond acceptors (Lipinski definition) is 6. The molecule has 0 spiro atoms. The Morgan fingerprint density at radius 2 is 1.55 bits per heavy atom. The highest BCUT2D eigenvalue weighted by Crippen LogP contribution is 2.25. The maximum absolute atomic E-state index is 5.55. The average Bonchev–Trinajstić information content (AvgIpc) is 2.44. The Morgan fingerprint density at radius 1 is 0.850 bits per heavy atom. The van der Waals surface area contributed by atoms with Crippen LogP contribution in [-0.2, 0) is 5.75 Å². The van der Waals surface area contributed by atoms with Crippen LogP contribution in [0.1, 0.15) is 5.82 Å². The minimum absolute atomic E-state index is 0.159. The summed E-state index contributed by atoms with van der Waals surface area (Å²) in [5.74, 6) is 1.52. The molecule has 0 atom stereocenters. The third-order valence-electron chi connectivity index (χ3n) is 2.81. The lowest BCUT2D eigenvalue weighted by Crippen LogP contribution is -2.05. The number of nitrogens with two attached hydrogens (primary N) is 2. The van der Waals surface area contributed by atoms with Crippen molar-refractivity contribution in [3.05, 3.63) is 48.3 Å². The van der Waals surface area contributed by atoms with Gasteiger partial charge in [-0.2, -0.15) is 15.0 Å². The van der Waals surface area contributed by atoms with Crippen molar-refractivity contribution in [2.75, 3.05) is 11.5 Å². The van der Waals surface area contributed by atoms with Gasteiger partial charge < -0.3 is 11.5 Å². The Kier molecular flexibility index (Phi) is 3.39. The van der Waals surface area contributed by atoms with Crippen LogP contribution >= 0.6 is 11.8 Å². The van der Waals surface area contributed by atoms with Gasteiger partial charge in [0, 0.05) is 4.90 Å². The van der Waals surface area contributed by atoms with Crippen LogP contribution in [0, 0.1) is 0 Å². The molecule has 100 valence electrons. The van der Waals surface area contributed by atoms with E-state index in [0.29, 0.717) is 11.6 Å². The van der Waals surface area contributed by atoms with Crippen LogP contribution < -0.4 is 11.5 Å². The van der Waals surface area contributed by atoms with E-state index in [2.05, 4.69) is 45.3 Å². The van der Waals surface area contributed by atoms with Gasteiger partial charge in [-0.15, -0.1) is 11.8 Å². The molecular weight excluding hydrogens is 270 g/mol. The summed E-state index contributed by atoms with van der Waals surface area (Å²) in [5.41, 5.74) is 11.1. The molecule has 0 amide bonds. The summed E-state index contributed by atoms with van der Waals surface area (Å²) in [6.07, 6.45) is 0. The van der Waals surface area contributed by atoms with Crippen molar-refractivity contribution >= 4 is 34.4 Å². The molecule has 20 heavy (non-hydrogen) atoms. The predicted molar refractivity (Wildman–Crippen MR) is 82.2 cm³/mol. The second-order valence-electron chi connectivity index (χ2n) is 4.27. The Bertz CT molecular complexity index is 739. The number of nitrogens with zero attached hydrogens (tertiary/aromatic N) is 3. The van der Waals surface area contributed by atoms with E-state index in [-0.39, 0.29) is 11.9 Å². The lowest BCUT2D eigenvalue weighted by atomic mass is 10.1. The molecule has 0 aliphatic carbocycles. The Balaban J connectivity index is 1.79. The molecule has 4 N–H and O–H groups in total. The first-order chi connectivity index (χ1) is 9.70. The summed E-state index contributed by atoms with van der Waals surface area (Å²) >= 11 is 1.64. The summed E-state index contributed by atoms with van der Waals surface area (Å²) in [6.45, 7) is 0. The van der Waals surface area contributed by atoms with Crippen molar-refractivity contribution in [1.29, 1.82) is 0 Å². The van der Waals surface area contributed by atoms with Gasteiger partial charge in [0.25, 0.3) is 0 Å². The van der Waals surface area contributed by atoms with Gasteiger partial charge in [0.1, 0.15) is 5.82 Å². The quantitative estimate of drug-likeness (QED) is 0.718. The lowest BCUT2D eigenvalue weighted by molar-refractivity contribution is 0.988. The molecule has 1 heterocycles. The van der Waals surface area contributed by atoms with E-state index in [1.807, 2.05) is 12.1 Å². The van der Waals surface area contributed by atoms with Crippen molar-refractivity contribution in [2.24, 2.45) is 0 Å². The van der Waals surface area contributed by atoms with Crippen molar-refractivity contribution in [3.63, 3.8) is 0 Å². The standard InChI is InChI=1S/C14H13N5S/c15-13-17-12(18-14(16)19-13)8-20-11-6-5-9-3-1-2-4-10(9)7-11/h1-7H,8H2,(H4,15,16,17,18,19). The van der Waals surface area contributed by atoms with E-state index in [4.69, 9.17) is 11.5 Å². The zero-order valence-corrected chi connectivity index (χ0v) is 11.5. The number of benzene rings is 2. The summed E-state index contributed by atoms with van der Waals surface area (Å²) in [4.78, 5) is 13.0. The number of nitrogen functional groups attached to an aromatic ring is 2. The van der Waals surface area contributed by atoms with E-state index >= 15 is 0 Å². The molecule has 2 aromatic carbocycles. The highest BCUT2D eigenvalue weighted by atomic mass is 32.2. The van der Waals surface area contributed by atoms with Crippen LogP contribution in [0.15, 0.2) is 47.4 Å². The molecule has 0 radical (unpaired) electrons. The fourth-order valence-corrected chi connectivity index (χ4v) is 2.73. The van der Waals surface area contributed by atoms with Crippen LogP contribution in [0.25, 0.3) is 10.8 Å². The summed E-state index contributed by atoms with van der Waals surface area (Å²) < 4.78 is 0. The molecule has 6 heteroatoms. The molecule has 3 aromatic rings. The molecule has 0 saturated heterocycles. The Hall–Kier alpha value is -2.34. The first kappa shape index (κ1) is 12.7. The van der Waals surface area contributed by atoms with Gasteiger partial charge in [0.2, 0.25) is 11.9 Å².